The van der Waals surface area contributed by atoms with Crippen LogP contribution in [0, 0.1) is 0 Å². The number of piperidine rings is 1. The lowest BCUT2D eigenvalue weighted by molar-refractivity contribution is 0.125. The monoisotopic (exact) mass is 333 g/mol. The molecule has 1 saturated heterocycles. The number of nitrogens with zero attached hydrogens (tertiary/aromatic N) is 2. The van der Waals surface area contributed by atoms with Gasteiger partial charge in [0.1, 0.15) is 0 Å². The maximum Gasteiger partial charge on any atom is 0.318 e. The molecular weight excluding hydrogens is 302 g/mol. The molecule has 0 aliphatic carbocycles. The van der Waals surface area contributed by atoms with Crippen molar-refractivity contribution in [3.05, 3.63) is 35.9 Å². The molecule has 1 fully saturated rings. The highest BCUT2D eigenvalue weighted by atomic mass is 16.3. The van der Waals surface area contributed by atoms with Gasteiger partial charge < -0.3 is 20.2 Å². The fourth-order valence-electron chi connectivity index (χ4n) is 3.22. The molecular formula is C19H31N3O2. The number of rotatable bonds is 7. The first-order valence-electron chi connectivity index (χ1n) is 9.00. The fourth-order valence-corrected chi connectivity index (χ4v) is 3.22. The number of nitrogens with one attached hydrogen (secondary N) is 1. The lowest BCUT2D eigenvalue weighted by Gasteiger charge is -2.38. The minimum Gasteiger partial charge on any atom is -0.396 e. The first kappa shape index (κ1) is 18.7. The van der Waals surface area contributed by atoms with E-state index in [-0.39, 0.29) is 24.7 Å². The van der Waals surface area contributed by atoms with E-state index in [4.69, 9.17) is 5.11 Å². The first-order valence-corrected chi connectivity index (χ1v) is 9.00. The number of amides is 2. The molecule has 5 nitrogen and oxygen atoms in total. The number of benzene rings is 1. The Morgan fingerprint density at radius 3 is 2.62 bits per heavy atom. The second-order valence-corrected chi connectivity index (χ2v) is 6.86. The molecule has 1 aliphatic heterocycles. The number of carbonyl (C=O) groups excluding carboxylic acids is 1. The quantitative estimate of drug-likeness (QED) is 0.806. The lowest BCUT2D eigenvalue weighted by Crippen LogP contribution is -2.51. The number of hydrogen-bond acceptors (Lipinski definition) is 3. The molecule has 0 radical (unpaired) electrons. The Labute approximate surface area is 145 Å². The average molecular weight is 333 g/mol. The van der Waals surface area contributed by atoms with Crippen LogP contribution in [0.2, 0.25) is 0 Å². The minimum atomic E-state index is 0.0128. The zero-order valence-corrected chi connectivity index (χ0v) is 14.9. The zero-order chi connectivity index (χ0) is 17.4. The summed E-state index contributed by atoms with van der Waals surface area (Å²) in [5, 5.41) is 12.1. The van der Waals surface area contributed by atoms with Crippen molar-refractivity contribution in [2.75, 3.05) is 26.7 Å². The maximum atomic E-state index is 12.8. The number of carbonyl (C=O) groups is 1. The van der Waals surface area contributed by atoms with Crippen LogP contribution in [0.3, 0.4) is 0 Å². The van der Waals surface area contributed by atoms with E-state index in [1.807, 2.05) is 30.0 Å². The Balaban J connectivity index is 2.02. The predicted octanol–water partition coefficient (Wildman–Crippen LogP) is 2.45. The summed E-state index contributed by atoms with van der Waals surface area (Å²) in [5.74, 6) is 0. The van der Waals surface area contributed by atoms with Crippen molar-refractivity contribution in [3.8, 4) is 0 Å². The molecule has 1 atom stereocenters. The van der Waals surface area contributed by atoms with Gasteiger partial charge in [-0.05, 0) is 58.3 Å². The average Bonchev–Trinajstić information content (AvgIpc) is 2.59. The van der Waals surface area contributed by atoms with Crippen LogP contribution in [0.25, 0.3) is 0 Å². The van der Waals surface area contributed by atoms with Crippen molar-refractivity contribution in [2.24, 2.45) is 0 Å². The lowest BCUT2D eigenvalue weighted by atomic mass is 10.0. The molecule has 1 aliphatic rings. The molecule has 1 unspecified atom stereocenters. The fraction of sp³-hybridized carbons (Fsp3) is 0.632. The van der Waals surface area contributed by atoms with E-state index in [0.717, 1.165) is 37.9 Å². The SMILES string of the molecule is CC(CCCO)NC(=O)N(Cc1ccccc1)C1CCN(C)CC1. The predicted molar refractivity (Wildman–Crippen MR) is 96.8 cm³/mol. The van der Waals surface area contributed by atoms with Gasteiger partial charge >= 0.3 is 6.03 Å². The third-order valence-corrected chi connectivity index (χ3v) is 4.75. The van der Waals surface area contributed by atoms with Gasteiger partial charge in [0, 0.05) is 25.2 Å². The van der Waals surface area contributed by atoms with E-state index in [1.165, 1.54) is 0 Å². The summed E-state index contributed by atoms with van der Waals surface area (Å²) in [5.41, 5.74) is 1.16. The summed E-state index contributed by atoms with van der Waals surface area (Å²) in [6.07, 6.45) is 3.55. The summed E-state index contributed by atoms with van der Waals surface area (Å²) < 4.78 is 0. The summed E-state index contributed by atoms with van der Waals surface area (Å²) in [4.78, 5) is 17.2. The number of aliphatic hydroxyl groups excluding tert-OH is 1. The third kappa shape index (κ3) is 5.80. The zero-order valence-electron chi connectivity index (χ0n) is 14.9. The Morgan fingerprint density at radius 2 is 2.00 bits per heavy atom. The number of urea groups is 1. The van der Waals surface area contributed by atoms with Crippen LogP contribution < -0.4 is 5.32 Å². The van der Waals surface area contributed by atoms with E-state index >= 15 is 0 Å². The van der Waals surface area contributed by atoms with Gasteiger partial charge in [-0.2, -0.15) is 0 Å². The molecule has 2 amide bonds. The van der Waals surface area contributed by atoms with Crippen LogP contribution in [-0.4, -0.2) is 59.8 Å². The highest BCUT2D eigenvalue weighted by Crippen LogP contribution is 2.19. The molecule has 1 heterocycles. The van der Waals surface area contributed by atoms with Gasteiger partial charge in [-0.25, -0.2) is 4.79 Å². The smallest absolute Gasteiger partial charge is 0.318 e. The molecule has 134 valence electrons. The van der Waals surface area contributed by atoms with Gasteiger partial charge in [-0.1, -0.05) is 30.3 Å². The van der Waals surface area contributed by atoms with Crippen molar-refractivity contribution in [2.45, 2.75) is 51.2 Å². The summed E-state index contributed by atoms with van der Waals surface area (Å²) in [6, 6.07) is 10.6. The van der Waals surface area contributed by atoms with Crippen LogP contribution in [0.5, 0.6) is 0 Å². The van der Waals surface area contributed by atoms with E-state index in [9.17, 15) is 4.79 Å². The number of likely N-dealkylation sites (tertiary alicyclic amines) is 1. The molecule has 0 bridgehead atoms. The van der Waals surface area contributed by atoms with E-state index in [2.05, 4.69) is 29.4 Å². The molecule has 2 N–H and O–H groups in total. The molecule has 0 spiro atoms. The summed E-state index contributed by atoms with van der Waals surface area (Å²) in [6.45, 7) is 4.88. The Morgan fingerprint density at radius 1 is 1.33 bits per heavy atom. The molecule has 0 saturated carbocycles. The second-order valence-electron chi connectivity index (χ2n) is 6.86. The highest BCUT2D eigenvalue weighted by molar-refractivity contribution is 5.75. The van der Waals surface area contributed by atoms with Crippen molar-refractivity contribution >= 4 is 6.03 Å². The largest absolute Gasteiger partial charge is 0.396 e. The number of hydrogen-bond donors (Lipinski definition) is 2. The second kappa shape index (κ2) is 9.64. The van der Waals surface area contributed by atoms with Crippen molar-refractivity contribution in [1.29, 1.82) is 0 Å². The Hall–Kier alpha value is -1.59. The molecule has 1 aromatic carbocycles. The van der Waals surface area contributed by atoms with Crippen LogP contribution >= 0.6 is 0 Å². The van der Waals surface area contributed by atoms with Crippen molar-refractivity contribution < 1.29 is 9.90 Å². The minimum absolute atomic E-state index is 0.0128. The van der Waals surface area contributed by atoms with Gasteiger partial charge in [-0.15, -0.1) is 0 Å². The Kier molecular flexibility index (Phi) is 7.53. The third-order valence-electron chi connectivity index (χ3n) is 4.75. The standard InChI is InChI=1S/C19H31N3O2/c1-16(7-6-14-23)20-19(24)22(15-17-8-4-3-5-9-17)18-10-12-21(2)13-11-18/h3-5,8-9,16,18,23H,6-7,10-15H2,1-2H3,(H,20,24). The van der Waals surface area contributed by atoms with Crippen molar-refractivity contribution in [3.63, 3.8) is 0 Å². The van der Waals surface area contributed by atoms with Gasteiger partial charge in [-0.3, -0.25) is 0 Å². The molecule has 0 aromatic heterocycles. The van der Waals surface area contributed by atoms with Crippen LogP contribution in [0.15, 0.2) is 30.3 Å². The normalized spacial score (nSPS) is 17.5. The van der Waals surface area contributed by atoms with Crippen molar-refractivity contribution in [1.82, 2.24) is 15.1 Å². The highest BCUT2D eigenvalue weighted by Gasteiger charge is 2.27. The Bertz CT molecular complexity index is 487. The molecule has 1 aromatic rings. The summed E-state index contributed by atoms with van der Waals surface area (Å²) in [7, 11) is 2.13. The molecule has 5 heteroatoms. The van der Waals surface area contributed by atoms with Gasteiger partial charge in [0.25, 0.3) is 0 Å². The van der Waals surface area contributed by atoms with E-state index < -0.39 is 0 Å². The van der Waals surface area contributed by atoms with Crippen LogP contribution in [0.1, 0.15) is 38.2 Å². The summed E-state index contributed by atoms with van der Waals surface area (Å²) >= 11 is 0. The van der Waals surface area contributed by atoms with E-state index in [0.29, 0.717) is 13.0 Å². The van der Waals surface area contributed by atoms with Crippen LogP contribution in [-0.2, 0) is 6.54 Å². The van der Waals surface area contributed by atoms with E-state index in [1.54, 1.807) is 0 Å². The molecule has 24 heavy (non-hydrogen) atoms. The van der Waals surface area contributed by atoms with Gasteiger partial charge in [0.15, 0.2) is 0 Å². The first-order chi connectivity index (χ1) is 11.6. The topological polar surface area (TPSA) is 55.8 Å². The van der Waals surface area contributed by atoms with Crippen LogP contribution in [0.4, 0.5) is 4.79 Å². The molecule has 2 rings (SSSR count). The number of aliphatic hydroxyl groups is 1. The maximum absolute atomic E-state index is 12.8. The van der Waals surface area contributed by atoms with Gasteiger partial charge in [0.05, 0.1) is 0 Å². The van der Waals surface area contributed by atoms with Gasteiger partial charge in [0.2, 0.25) is 0 Å².